The molecule has 1 atom stereocenters. The maximum atomic E-state index is 13.4. The highest BCUT2D eigenvalue weighted by Gasteiger charge is 2.24. The lowest BCUT2D eigenvalue weighted by atomic mass is 9.99. The van der Waals surface area contributed by atoms with E-state index in [9.17, 15) is 9.59 Å². The standard InChI is InChI=1S/C28H28N6O2/c1-18(2)28(36)34(26-9-10-30-17-32-26)24-14-22(21-7-5-19(3)6-8-21)13-23(15-24)27(35)33-20(4)25-16-29-11-12-31-25/h5-18,20H,1-4H3,(H,33,35). The first-order chi connectivity index (χ1) is 17.3. The summed E-state index contributed by atoms with van der Waals surface area (Å²) in [6.45, 7) is 7.53. The van der Waals surface area contributed by atoms with Crippen molar-refractivity contribution >= 4 is 23.3 Å². The van der Waals surface area contributed by atoms with Gasteiger partial charge in [-0.15, -0.1) is 0 Å². The van der Waals surface area contributed by atoms with E-state index in [2.05, 4.69) is 25.3 Å². The second kappa shape index (κ2) is 10.9. The third-order valence-corrected chi connectivity index (χ3v) is 5.71. The molecule has 0 bridgehead atoms. The largest absolute Gasteiger partial charge is 0.344 e. The van der Waals surface area contributed by atoms with Gasteiger partial charge in [0.2, 0.25) is 5.91 Å². The topological polar surface area (TPSA) is 101 Å². The van der Waals surface area contributed by atoms with Gasteiger partial charge in [0.05, 0.1) is 23.6 Å². The summed E-state index contributed by atoms with van der Waals surface area (Å²) in [4.78, 5) is 44.9. The Morgan fingerprint density at radius 1 is 0.861 bits per heavy atom. The molecule has 1 N–H and O–H groups in total. The summed E-state index contributed by atoms with van der Waals surface area (Å²) >= 11 is 0. The summed E-state index contributed by atoms with van der Waals surface area (Å²) in [5.74, 6) is -0.293. The molecule has 0 saturated carbocycles. The summed E-state index contributed by atoms with van der Waals surface area (Å²) in [6, 6.07) is 14.8. The molecule has 4 aromatic rings. The molecule has 36 heavy (non-hydrogen) atoms. The minimum atomic E-state index is -0.354. The predicted octanol–water partition coefficient (Wildman–Crippen LogP) is 5.05. The molecule has 8 heteroatoms. The number of hydrogen-bond acceptors (Lipinski definition) is 6. The minimum absolute atomic E-state index is 0.144. The van der Waals surface area contributed by atoms with Gasteiger partial charge in [0.15, 0.2) is 0 Å². The second-order valence-electron chi connectivity index (χ2n) is 8.86. The zero-order valence-corrected chi connectivity index (χ0v) is 20.7. The van der Waals surface area contributed by atoms with Crippen LogP contribution in [0, 0.1) is 12.8 Å². The highest BCUT2D eigenvalue weighted by molar-refractivity contribution is 6.03. The summed E-state index contributed by atoms with van der Waals surface area (Å²) in [6.07, 6.45) is 7.78. The molecule has 0 radical (unpaired) electrons. The SMILES string of the molecule is Cc1ccc(-c2cc(C(=O)NC(C)c3cnccn3)cc(N(C(=O)C(C)C)c3ccncn3)c2)cc1. The fraction of sp³-hybridized carbons (Fsp3) is 0.214. The van der Waals surface area contributed by atoms with E-state index in [0.717, 1.165) is 16.7 Å². The Hall–Kier alpha value is -4.46. The molecule has 1 unspecified atom stereocenters. The molecule has 2 aromatic carbocycles. The van der Waals surface area contributed by atoms with E-state index < -0.39 is 0 Å². The van der Waals surface area contributed by atoms with Crippen LogP contribution in [0.1, 0.15) is 48.4 Å². The Balaban J connectivity index is 1.81. The highest BCUT2D eigenvalue weighted by Crippen LogP contribution is 2.32. The zero-order valence-electron chi connectivity index (χ0n) is 20.7. The van der Waals surface area contributed by atoms with Gasteiger partial charge < -0.3 is 5.32 Å². The Labute approximate surface area is 210 Å². The molecule has 0 aliphatic heterocycles. The first-order valence-corrected chi connectivity index (χ1v) is 11.7. The number of nitrogens with one attached hydrogen (secondary N) is 1. The molecule has 0 aliphatic carbocycles. The number of carbonyl (C=O) groups is 2. The first-order valence-electron chi connectivity index (χ1n) is 11.7. The van der Waals surface area contributed by atoms with Crippen LogP contribution in [0.5, 0.6) is 0 Å². The molecule has 2 heterocycles. The van der Waals surface area contributed by atoms with Gasteiger partial charge >= 0.3 is 0 Å². The van der Waals surface area contributed by atoms with Crippen LogP contribution in [0.15, 0.2) is 79.6 Å². The normalized spacial score (nSPS) is 11.7. The van der Waals surface area contributed by atoms with Crippen molar-refractivity contribution in [1.29, 1.82) is 0 Å². The fourth-order valence-corrected chi connectivity index (χ4v) is 3.72. The third kappa shape index (κ3) is 5.60. The predicted molar refractivity (Wildman–Crippen MR) is 139 cm³/mol. The summed E-state index contributed by atoms with van der Waals surface area (Å²) < 4.78 is 0. The van der Waals surface area contributed by atoms with Crippen LogP contribution in [-0.4, -0.2) is 31.8 Å². The zero-order chi connectivity index (χ0) is 25.7. The molecule has 2 amide bonds. The maximum Gasteiger partial charge on any atom is 0.251 e. The summed E-state index contributed by atoms with van der Waals surface area (Å²) in [5, 5.41) is 2.99. The number of nitrogens with zero attached hydrogens (tertiary/aromatic N) is 5. The molecular weight excluding hydrogens is 452 g/mol. The van der Waals surface area contributed by atoms with Gasteiger partial charge in [-0.2, -0.15) is 0 Å². The number of rotatable bonds is 7. The molecule has 2 aromatic heterocycles. The number of aromatic nitrogens is 4. The van der Waals surface area contributed by atoms with Gasteiger partial charge in [-0.05, 0) is 49.2 Å². The van der Waals surface area contributed by atoms with E-state index in [-0.39, 0.29) is 23.8 Å². The Kier molecular flexibility index (Phi) is 7.44. The Morgan fingerprint density at radius 2 is 1.64 bits per heavy atom. The number of hydrogen-bond donors (Lipinski definition) is 1. The van der Waals surface area contributed by atoms with E-state index in [1.54, 1.807) is 36.9 Å². The van der Waals surface area contributed by atoms with Crippen LogP contribution in [0.2, 0.25) is 0 Å². The molecule has 0 aliphatic rings. The van der Waals surface area contributed by atoms with Crippen LogP contribution in [-0.2, 0) is 4.79 Å². The van der Waals surface area contributed by atoms with Crippen molar-refractivity contribution in [3.8, 4) is 11.1 Å². The van der Waals surface area contributed by atoms with Crippen LogP contribution in [0.25, 0.3) is 11.1 Å². The quantitative estimate of drug-likeness (QED) is 0.397. The molecule has 8 nitrogen and oxygen atoms in total. The van der Waals surface area contributed by atoms with Crippen molar-refractivity contribution in [3.05, 3.63) is 96.5 Å². The third-order valence-electron chi connectivity index (χ3n) is 5.71. The Bertz CT molecular complexity index is 1340. The number of anilines is 2. The van der Waals surface area contributed by atoms with Gasteiger partial charge in [0.25, 0.3) is 5.91 Å². The molecule has 0 fully saturated rings. The number of benzene rings is 2. The van der Waals surface area contributed by atoms with Crippen LogP contribution in [0.3, 0.4) is 0 Å². The lowest BCUT2D eigenvalue weighted by Crippen LogP contribution is -2.31. The van der Waals surface area contributed by atoms with E-state index >= 15 is 0 Å². The van der Waals surface area contributed by atoms with E-state index in [0.29, 0.717) is 22.8 Å². The summed E-state index contributed by atoms with van der Waals surface area (Å²) in [7, 11) is 0. The van der Waals surface area contributed by atoms with Crippen molar-refractivity contribution in [2.45, 2.75) is 33.7 Å². The van der Waals surface area contributed by atoms with Crippen molar-refractivity contribution in [1.82, 2.24) is 25.3 Å². The number of amides is 2. The van der Waals surface area contributed by atoms with Gasteiger partial charge in [0.1, 0.15) is 12.1 Å². The van der Waals surface area contributed by atoms with Gasteiger partial charge in [-0.3, -0.25) is 24.5 Å². The number of carbonyl (C=O) groups excluding carboxylic acids is 2. The molecule has 0 spiro atoms. The van der Waals surface area contributed by atoms with Crippen molar-refractivity contribution < 1.29 is 9.59 Å². The van der Waals surface area contributed by atoms with Gasteiger partial charge in [-0.1, -0.05) is 43.7 Å². The average molecular weight is 481 g/mol. The lowest BCUT2D eigenvalue weighted by molar-refractivity contribution is -0.120. The van der Waals surface area contributed by atoms with Gasteiger partial charge in [-0.25, -0.2) is 9.97 Å². The molecule has 182 valence electrons. The Morgan fingerprint density at radius 3 is 2.28 bits per heavy atom. The summed E-state index contributed by atoms with van der Waals surface area (Å²) in [5.41, 5.74) is 4.47. The second-order valence-corrected chi connectivity index (χ2v) is 8.86. The minimum Gasteiger partial charge on any atom is -0.344 e. The van der Waals surface area contributed by atoms with Crippen molar-refractivity contribution in [2.75, 3.05) is 4.90 Å². The monoisotopic (exact) mass is 480 g/mol. The molecule has 4 rings (SSSR count). The van der Waals surface area contributed by atoms with E-state index in [1.807, 2.05) is 64.1 Å². The average Bonchev–Trinajstić information content (AvgIpc) is 2.90. The molecular formula is C28H28N6O2. The van der Waals surface area contributed by atoms with Crippen LogP contribution in [0.4, 0.5) is 11.5 Å². The lowest BCUT2D eigenvalue weighted by Gasteiger charge is -2.25. The highest BCUT2D eigenvalue weighted by atomic mass is 16.2. The number of aryl methyl sites for hydroxylation is 1. The fourth-order valence-electron chi connectivity index (χ4n) is 3.72. The van der Waals surface area contributed by atoms with Crippen LogP contribution >= 0.6 is 0 Å². The smallest absolute Gasteiger partial charge is 0.251 e. The van der Waals surface area contributed by atoms with Gasteiger partial charge in [0, 0.05) is 30.1 Å². The van der Waals surface area contributed by atoms with Crippen molar-refractivity contribution in [2.24, 2.45) is 5.92 Å². The maximum absolute atomic E-state index is 13.4. The van der Waals surface area contributed by atoms with Crippen molar-refractivity contribution in [3.63, 3.8) is 0 Å². The van der Waals surface area contributed by atoms with Crippen LogP contribution < -0.4 is 10.2 Å². The molecule has 0 saturated heterocycles. The first kappa shape index (κ1) is 24.7. The van der Waals surface area contributed by atoms with E-state index in [4.69, 9.17) is 0 Å². The van der Waals surface area contributed by atoms with E-state index in [1.165, 1.54) is 11.2 Å².